The Labute approximate surface area is 121 Å². The lowest BCUT2D eigenvalue weighted by Crippen LogP contribution is -2.14. The standard InChI is InChI=1S/C13H13N3O4S/c1-9-3-4-12(16(17)18)8-13(9)21(19,20)15-11-5-6-14-10(2)7-11/h3-8H,1-2H3,(H,14,15). The summed E-state index contributed by atoms with van der Waals surface area (Å²) in [5.41, 5.74) is 1.17. The highest BCUT2D eigenvalue weighted by Gasteiger charge is 2.20. The van der Waals surface area contributed by atoms with Crippen LogP contribution in [-0.2, 0) is 10.0 Å². The SMILES string of the molecule is Cc1cc(NS(=O)(=O)c2cc([N+](=O)[O-])ccc2C)ccn1. The van der Waals surface area contributed by atoms with Gasteiger partial charge in [-0.1, -0.05) is 6.07 Å². The summed E-state index contributed by atoms with van der Waals surface area (Å²) in [6, 6.07) is 6.81. The van der Waals surface area contributed by atoms with Gasteiger partial charge < -0.3 is 0 Å². The molecule has 0 aliphatic heterocycles. The molecule has 0 radical (unpaired) electrons. The summed E-state index contributed by atoms with van der Waals surface area (Å²) in [5.74, 6) is 0. The number of hydrogen-bond acceptors (Lipinski definition) is 5. The molecule has 1 aromatic heterocycles. The molecule has 2 aromatic rings. The number of nitrogens with zero attached hydrogens (tertiary/aromatic N) is 2. The van der Waals surface area contributed by atoms with E-state index in [4.69, 9.17) is 0 Å². The smallest absolute Gasteiger partial charge is 0.270 e. The molecule has 1 aromatic carbocycles. The highest BCUT2D eigenvalue weighted by atomic mass is 32.2. The second-order valence-corrected chi connectivity index (χ2v) is 6.15. The van der Waals surface area contributed by atoms with E-state index in [9.17, 15) is 18.5 Å². The highest BCUT2D eigenvalue weighted by molar-refractivity contribution is 7.92. The molecule has 0 aliphatic carbocycles. The molecule has 0 unspecified atom stereocenters. The number of nitro groups is 1. The summed E-state index contributed by atoms with van der Waals surface area (Å²) in [5, 5.41) is 10.8. The number of non-ortho nitro benzene ring substituents is 1. The summed E-state index contributed by atoms with van der Waals surface area (Å²) in [7, 11) is -3.90. The number of aryl methyl sites for hydroxylation is 2. The lowest BCUT2D eigenvalue weighted by Gasteiger charge is -2.10. The van der Waals surface area contributed by atoms with Crippen molar-refractivity contribution in [2.24, 2.45) is 0 Å². The van der Waals surface area contributed by atoms with Crippen molar-refractivity contribution in [3.63, 3.8) is 0 Å². The van der Waals surface area contributed by atoms with Gasteiger partial charge in [-0.3, -0.25) is 19.8 Å². The second kappa shape index (κ2) is 5.49. The van der Waals surface area contributed by atoms with Crippen molar-refractivity contribution >= 4 is 21.4 Å². The van der Waals surface area contributed by atoms with Gasteiger partial charge in [0.15, 0.2) is 0 Å². The van der Waals surface area contributed by atoms with Gasteiger partial charge in [-0.15, -0.1) is 0 Å². The number of hydrogen-bond donors (Lipinski definition) is 1. The Bertz CT molecular complexity index is 803. The molecule has 0 bridgehead atoms. The van der Waals surface area contributed by atoms with Crippen molar-refractivity contribution in [2.75, 3.05) is 4.72 Å². The van der Waals surface area contributed by atoms with Crippen molar-refractivity contribution in [1.29, 1.82) is 0 Å². The van der Waals surface area contributed by atoms with Crippen LogP contribution in [0.25, 0.3) is 0 Å². The van der Waals surface area contributed by atoms with Gasteiger partial charge in [0.1, 0.15) is 0 Å². The first-order valence-corrected chi connectivity index (χ1v) is 7.48. The number of pyridine rings is 1. The van der Waals surface area contributed by atoms with E-state index < -0.39 is 14.9 Å². The first-order chi connectivity index (χ1) is 9.79. The van der Waals surface area contributed by atoms with Crippen LogP contribution in [0.2, 0.25) is 0 Å². The molecular weight excluding hydrogens is 294 g/mol. The monoisotopic (exact) mass is 307 g/mol. The van der Waals surface area contributed by atoms with E-state index in [0.717, 1.165) is 6.07 Å². The zero-order valence-corrected chi connectivity index (χ0v) is 12.2. The van der Waals surface area contributed by atoms with Crippen LogP contribution in [0.4, 0.5) is 11.4 Å². The van der Waals surface area contributed by atoms with Gasteiger partial charge in [0.05, 0.1) is 15.5 Å². The fourth-order valence-corrected chi connectivity index (χ4v) is 3.13. The van der Waals surface area contributed by atoms with E-state index in [0.29, 0.717) is 16.9 Å². The Balaban J connectivity index is 2.44. The largest absolute Gasteiger partial charge is 0.279 e. The van der Waals surface area contributed by atoms with Crippen molar-refractivity contribution in [3.05, 3.63) is 57.9 Å². The topological polar surface area (TPSA) is 102 Å². The predicted octanol–water partition coefficient (Wildman–Crippen LogP) is 2.41. The molecular formula is C13H13N3O4S. The van der Waals surface area contributed by atoms with Crippen LogP contribution in [0.5, 0.6) is 0 Å². The first kappa shape index (κ1) is 14.9. The number of sulfonamides is 1. The summed E-state index contributed by atoms with van der Waals surface area (Å²) < 4.78 is 27.1. The van der Waals surface area contributed by atoms with Crippen LogP contribution in [0.15, 0.2) is 41.4 Å². The van der Waals surface area contributed by atoms with Crippen LogP contribution in [0, 0.1) is 24.0 Å². The molecule has 0 atom stereocenters. The lowest BCUT2D eigenvalue weighted by molar-refractivity contribution is -0.385. The van der Waals surface area contributed by atoms with Crippen LogP contribution in [0.1, 0.15) is 11.3 Å². The minimum absolute atomic E-state index is 0.119. The Kier molecular flexibility index (Phi) is 3.90. The summed E-state index contributed by atoms with van der Waals surface area (Å²) >= 11 is 0. The van der Waals surface area contributed by atoms with E-state index >= 15 is 0 Å². The van der Waals surface area contributed by atoms with Crippen LogP contribution in [-0.4, -0.2) is 18.3 Å². The van der Waals surface area contributed by atoms with E-state index in [1.165, 1.54) is 24.4 Å². The molecule has 21 heavy (non-hydrogen) atoms. The van der Waals surface area contributed by atoms with Gasteiger partial charge in [-0.05, 0) is 31.5 Å². The van der Waals surface area contributed by atoms with Gasteiger partial charge in [0.2, 0.25) is 0 Å². The van der Waals surface area contributed by atoms with E-state index in [1.807, 2.05) is 0 Å². The molecule has 1 N–H and O–H groups in total. The van der Waals surface area contributed by atoms with Crippen LogP contribution in [0.3, 0.4) is 0 Å². The zero-order valence-electron chi connectivity index (χ0n) is 11.4. The molecule has 1 heterocycles. The van der Waals surface area contributed by atoms with Gasteiger partial charge in [0, 0.05) is 24.0 Å². The zero-order chi connectivity index (χ0) is 15.6. The minimum Gasteiger partial charge on any atom is -0.279 e. The number of rotatable bonds is 4. The molecule has 0 saturated heterocycles. The third-order valence-corrected chi connectivity index (χ3v) is 4.34. The highest BCUT2D eigenvalue weighted by Crippen LogP contribution is 2.24. The number of benzene rings is 1. The van der Waals surface area contributed by atoms with Gasteiger partial charge in [-0.2, -0.15) is 0 Å². The molecule has 7 nitrogen and oxygen atoms in total. The third-order valence-electron chi connectivity index (χ3n) is 2.82. The number of aromatic nitrogens is 1. The van der Waals surface area contributed by atoms with Crippen LogP contribution >= 0.6 is 0 Å². The summed E-state index contributed by atoms with van der Waals surface area (Å²) in [4.78, 5) is 14.0. The number of nitro benzene ring substituents is 1. The Morgan fingerprint density at radius 2 is 1.90 bits per heavy atom. The van der Waals surface area contributed by atoms with Crippen molar-refractivity contribution < 1.29 is 13.3 Å². The second-order valence-electron chi connectivity index (χ2n) is 4.50. The van der Waals surface area contributed by atoms with Gasteiger partial charge in [-0.25, -0.2) is 8.42 Å². The normalized spacial score (nSPS) is 11.1. The van der Waals surface area contributed by atoms with Crippen molar-refractivity contribution in [1.82, 2.24) is 4.98 Å². The summed E-state index contributed by atoms with van der Waals surface area (Å²) in [6.45, 7) is 3.31. The van der Waals surface area contributed by atoms with Gasteiger partial charge >= 0.3 is 0 Å². The Morgan fingerprint density at radius 1 is 1.19 bits per heavy atom. The maximum Gasteiger partial charge on any atom is 0.270 e. The lowest BCUT2D eigenvalue weighted by atomic mass is 10.2. The maximum absolute atomic E-state index is 12.4. The molecule has 8 heteroatoms. The van der Waals surface area contributed by atoms with E-state index in [-0.39, 0.29) is 10.6 Å². The fourth-order valence-electron chi connectivity index (χ4n) is 1.81. The van der Waals surface area contributed by atoms with Gasteiger partial charge in [0.25, 0.3) is 15.7 Å². The van der Waals surface area contributed by atoms with E-state index in [1.54, 1.807) is 19.9 Å². The molecule has 0 fully saturated rings. The van der Waals surface area contributed by atoms with E-state index in [2.05, 4.69) is 9.71 Å². The van der Waals surface area contributed by atoms with Crippen LogP contribution < -0.4 is 4.72 Å². The predicted molar refractivity (Wildman–Crippen MR) is 77.6 cm³/mol. The molecule has 0 saturated carbocycles. The third kappa shape index (κ3) is 3.34. The number of nitrogens with one attached hydrogen (secondary N) is 1. The van der Waals surface area contributed by atoms with Crippen molar-refractivity contribution in [2.45, 2.75) is 18.7 Å². The average molecular weight is 307 g/mol. The molecule has 0 aliphatic rings. The van der Waals surface area contributed by atoms with Crippen molar-refractivity contribution in [3.8, 4) is 0 Å². The average Bonchev–Trinajstić information content (AvgIpc) is 2.38. The minimum atomic E-state index is -3.90. The Morgan fingerprint density at radius 3 is 2.52 bits per heavy atom. The first-order valence-electron chi connectivity index (χ1n) is 6.00. The maximum atomic E-state index is 12.4. The molecule has 0 spiro atoms. The Hall–Kier alpha value is -2.48. The summed E-state index contributed by atoms with van der Waals surface area (Å²) in [6.07, 6.45) is 1.48. The molecule has 110 valence electrons. The quantitative estimate of drug-likeness (QED) is 0.690. The fraction of sp³-hybridized carbons (Fsp3) is 0.154. The molecule has 2 rings (SSSR count). The molecule has 0 amide bonds. The number of anilines is 1.